The van der Waals surface area contributed by atoms with Gasteiger partial charge in [0, 0.05) is 13.1 Å². The van der Waals surface area contributed by atoms with Crippen molar-refractivity contribution in [2.45, 2.75) is 57.9 Å². The second-order valence-corrected chi connectivity index (χ2v) is 5.56. The normalized spacial score (nSPS) is 31.0. The van der Waals surface area contributed by atoms with E-state index in [2.05, 4.69) is 17.1 Å². The molecule has 2 saturated heterocycles. The van der Waals surface area contributed by atoms with Gasteiger partial charge < -0.3 is 10.2 Å². The maximum absolute atomic E-state index is 12.4. The topological polar surface area (TPSA) is 32.3 Å². The zero-order valence-electron chi connectivity index (χ0n) is 11.1. The second-order valence-electron chi connectivity index (χ2n) is 5.56. The number of amides is 1. The summed E-state index contributed by atoms with van der Waals surface area (Å²) in [6.45, 7) is 5.23. The Morgan fingerprint density at radius 2 is 2.12 bits per heavy atom. The summed E-state index contributed by atoms with van der Waals surface area (Å²) in [7, 11) is 0. The number of nitrogens with zero attached hydrogens (tertiary/aromatic N) is 1. The van der Waals surface area contributed by atoms with E-state index < -0.39 is 0 Å². The Balaban J connectivity index is 1.89. The van der Waals surface area contributed by atoms with Crippen LogP contribution in [0.1, 0.15) is 51.9 Å². The van der Waals surface area contributed by atoms with E-state index in [1.807, 2.05) is 0 Å². The molecule has 3 heteroatoms. The molecule has 0 aromatic heterocycles. The first kappa shape index (κ1) is 12.9. The van der Waals surface area contributed by atoms with Crippen molar-refractivity contribution in [2.24, 2.45) is 5.92 Å². The van der Waals surface area contributed by atoms with Gasteiger partial charge in [-0.1, -0.05) is 26.2 Å². The molecule has 1 amide bonds. The van der Waals surface area contributed by atoms with Gasteiger partial charge in [0.05, 0.1) is 6.04 Å². The quantitative estimate of drug-likeness (QED) is 0.799. The molecule has 0 radical (unpaired) electrons. The molecule has 2 aliphatic heterocycles. The first-order chi connectivity index (χ1) is 8.31. The molecule has 98 valence electrons. The van der Waals surface area contributed by atoms with Gasteiger partial charge in [0.2, 0.25) is 5.91 Å². The molecule has 0 bridgehead atoms. The second kappa shape index (κ2) is 6.39. The SMILES string of the molecule is CCC1CCCN(C(=O)C2CCCCCN2)C1. The van der Waals surface area contributed by atoms with E-state index >= 15 is 0 Å². The Morgan fingerprint density at radius 1 is 1.24 bits per heavy atom. The number of hydrogen-bond donors (Lipinski definition) is 1. The minimum absolute atomic E-state index is 0.105. The summed E-state index contributed by atoms with van der Waals surface area (Å²) in [5, 5.41) is 3.42. The van der Waals surface area contributed by atoms with Crippen LogP contribution in [0, 0.1) is 5.92 Å². The third-order valence-corrected chi connectivity index (χ3v) is 4.27. The molecule has 0 aromatic carbocycles. The molecule has 0 spiro atoms. The predicted molar refractivity (Wildman–Crippen MR) is 69.9 cm³/mol. The maximum Gasteiger partial charge on any atom is 0.239 e. The summed E-state index contributed by atoms with van der Waals surface area (Å²) >= 11 is 0. The highest BCUT2D eigenvalue weighted by molar-refractivity contribution is 5.82. The Labute approximate surface area is 105 Å². The van der Waals surface area contributed by atoms with Crippen LogP contribution in [0.25, 0.3) is 0 Å². The molecule has 17 heavy (non-hydrogen) atoms. The van der Waals surface area contributed by atoms with Gasteiger partial charge in [-0.25, -0.2) is 0 Å². The van der Waals surface area contributed by atoms with Gasteiger partial charge in [0.15, 0.2) is 0 Å². The summed E-state index contributed by atoms with van der Waals surface area (Å²) in [6.07, 6.45) is 8.44. The molecule has 0 saturated carbocycles. The van der Waals surface area contributed by atoms with Crippen molar-refractivity contribution in [3.05, 3.63) is 0 Å². The van der Waals surface area contributed by atoms with Crippen LogP contribution in [0.4, 0.5) is 0 Å². The minimum atomic E-state index is 0.105. The lowest BCUT2D eigenvalue weighted by atomic mass is 9.95. The van der Waals surface area contributed by atoms with Gasteiger partial charge in [-0.05, 0) is 38.1 Å². The highest BCUT2D eigenvalue weighted by atomic mass is 16.2. The van der Waals surface area contributed by atoms with Crippen molar-refractivity contribution in [2.75, 3.05) is 19.6 Å². The van der Waals surface area contributed by atoms with E-state index in [9.17, 15) is 4.79 Å². The summed E-state index contributed by atoms with van der Waals surface area (Å²) in [6, 6.07) is 0.105. The van der Waals surface area contributed by atoms with Crippen molar-refractivity contribution in [3.8, 4) is 0 Å². The van der Waals surface area contributed by atoms with Gasteiger partial charge in [-0.15, -0.1) is 0 Å². The smallest absolute Gasteiger partial charge is 0.239 e. The largest absolute Gasteiger partial charge is 0.341 e. The fourth-order valence-corrected chi connectivity index (χ4v) is 3.06. The van der Waals surface area contributed by atoms with Crippen LogP contribution in [-0.2, 0) is 4.79 Å². The average Bonchev–Trinajstić information content (AvgIpc) is 2.67. The number of nitrogens with one attached hydrogen (secondary N) is 1. The molecule has 2 aliphatic rings. The zero-order chi connectivity index (χ0) is 12.1. The number of likely N-dealkylation sites (tertiary alicyclic amines) is 1. The molecule has 0 aromatic rings. The summed E-state index contributed by atoms with van der Waals surface area (Å²) < 4.78 is 0. The van der Waals surface area contributed by atoms with Crippen LogP contribution in [0.3, 0.4) is 0 Å². The lowest BCUT2D eigenvalue weighted by Gasteiger charge is -2.34. The molecular formula is C14H26N2O. The van der Waals surface area contributed by atoms with Gasteiger partial charge in [0.25, 0.3) is 0 Å². The van der Waals surface area contributed by atoms with Crippen molar-refractivity contribution in [1.29, 1.82) is 0 Å². The van der Waals surface area contributed by atoms with E-state index in [0.29, 0.717) is 5.91 Å². The first-order valence-electron chi connectivity index (χ1n) is 7.33. The Morgan fingerprint density at radius 3 is 2.94 bits per heavy atom. The number of carbonyl (C=O) groups is 1. The van der Waals surface area contributed by atoms with Crippen LogP contribution in [-0.4, -0.2) is 36.5 Å². The van der Waals surface area contributed by atoms with Gasteiger partial charge >= 0.3 is 0 Å². The third kappa shape index (κ3) is 3.44. The first-order valence-corrected chi connectivity index (χ1v) is 7.33. The lowest BCUT2D eigenvalue weighted by molar-refractivity contribution is -0.135. The van der Waals surface area contributed by atoms with Crippen LogP contribution < -0.4 is 5.32 Å². The number of hydrogen-bond acceptors (Lipinski definition) is 2. The lowest BCUT2D eigenvalue weighted by Crippen LogP contribution is -2.49. The fourth-order valence-electron chi connectivity index (χ4n) is 3.06. The van der Waals surface area contributed by atoms with Crippen molar-refractivity contribution in [3.63, 3.8) is 0 Å². The average molecular weight is 238 g/mol. The van der Waals surface area contributed by atoms with Crippen molar-refractivity contribution < 1.29 is 4.79 Å². The highest BCUT2D eigenvalue weighted by Crippen LogP contribution is 2.21. The fraction of sp³-hybridized carbons (Fsp3) is 0.929. The molecule has 2 unspecified atom stereocenters. The summed E-state index contributed by atoms with van der Waals surface area (Å²) in [5.74, 6) is 1.10. The third-order valence-electron chi connectivity index (χ3n) is 4.27. The molecular weight excluding hydrogens is 212 g/mol. The van der Waals surface area contributed by atoms with E-state index in [1.165, 1.54) is 38.5 Å². The number of carbonyl (C=O) groups excluding carboxylic acids is 1. The predicted octanol–water partition coefficient (Wildman–Crippen LogP) is 2.17. The van der Waals surface area contributed by atoms with E-state index in [1.54, 1.807) is 0 Å². The van der Waals surface area contributed by atoms with Gasteiger partial charge in [-0.2, -0.15) is 0 Å². The number of piperidine rings is 1. The molecule has 3 nitrogen and oxygen atoms in total. The highest BCUT2D eigenvalue weighted by Gasteiger charge is 2.28. The van der Waals surface area contributed by atoms with E-state index in [4.69, 9.17) is 0 Å². The molecule has 2 atom stereocenters. The number of rotatable bonds is 2. The van der Waals surface area contributed by atoms with Crippen molar-refractivity contribution >= 4 is 5.91 Å². The Kier molecular flexibility index (Phi) is 4.84. The van der Waals surface area contributed by atoms with Crippen LogP contribution in [0.15, 0.2) is 0 Å². The van der Waals surface area contributed by atoms with Crippen LogP contribution >= 0.6 is 0 Å². The zero-order valence-corrected chi connectivity index (χ0v) is 11.1. The van der Waals surface area contributed by atoms with Crippen LogP contribution in [0.5, 0.6) is 0 Å². The van der Waals surface area contributed by atoms with Gasteiger partial charge in [-0.3, -0.25) is 4.79 Å². The van der Waals surface area contributed by atoms with Gasteiger partial charge in [0.1, 0.15) is 0 Å². The summed E-state index contributed by atoms with van der Waals surface area (Å²) in [4.78, 5) is 14.5. The maximum atomic E-state index is 12.4. The van der Waals surface area contributed by atoms with Crippen molar-refractivity contribution in [1.82, 2.24) is 10.2 Å². The van der Waals surface area contributed by atoms with Crippen LogP contribution in [0.2, 0.25) is 0 Å². The molecule has 2 rings (SSSR count). The monoisotopic (exact) mass is 238 g/mol. The molecule has 1 N–H and O–H groups in total. The Hall–Kier alpha value is -0.570. The summed E-state index contributed by atoms with van der Waals surface area (Å²) in [5.41, 5.74) is 0. The Bertz CT molecular complexity index is 247. The minimum Gasteiger partial charge on any atom is -0.341 e. The standard InChI is InChI=1S/C14H26N2O/c1-2-12-7-6-10-16(11-12)14(17)13-8-4-3-5-9-15-13/h12-13,15H,2-11H2,1H3. The van der Waals surface area contributed by atoms with E-state index in [0.717, 1.165) is 32.0 Å². The molecule has 2 fully saturated rings. The molecule has 0 aliphatic carbocycles. The molecule has 2 heterocycles. The van der Waals surface area contributed by atoms with E-state index in [-0.39, 0.29) is 6.04 Å².